The Labute approximate surface area is 311 Å². The van der Waals surface area contributed by atoms with E-state index >= 15 is 0 Å². The molecule has 3 aliphatic heterocycles. The van der Waals surface area contributed by atoms with Crippen molar-refractivity contribution in [2.45, 2.75) is 139 Å². The molecular formula is C38H53N5O9S. The van der Waals surface area contributed by atoms with Gasteiger partial charge in [-0.2, -0.15) is 0 Å². The molecule has 3 fully saturated rings. The van der Waals surface area contributed by atoms with Gasteiger partial charge >= 0.3 is 12.2 Å². The number of sulfonamides is 1. The molecule has 2 saturated carbocycles. The Kier molecular flexibility index (Phi) is 10.6. The van der Waals surface area contributed by atoms with Gasteiger partial charge in [-0.05, 0) is 70.4 Å². The summed E-state index contributed by atoms with van der Waals surface area (Å²) in [6, 6.07) is 5.71. The molecule has 0 radical (unpaired) electrons. The number of nitrogens with one attached hydrogen (secondary N) is 3. The SMILES string of the molecule is CC(C)(C)OC(=O)N[C@H]1CCCCCC=C[C@@H]2C[C@@]2(C(=O)NS(=O)(=O)C2CC2)NC(=O)[C@@H]2C[C@@H](OC(=O)N3Cc4ccccc4C(C)(C)C3)CN2C1=O. The Morgan fingerprint density at radius 3 is 2.47 bits per heavy atom. The molecule has 0 aromatic heterocycles. The number of hydrogen-bond donors (Lipinski definition) is 3. The van der Waals surface area contributed by atoms with E-state index in [1.54, 1.807) is 25.7 Å². The Morgan fingerprint density at radius 1 is 1.02 bits per heavy atom. The van der Waals surface area contributed by atoms with Crippen LogP contribution in [-0.2, 0) is 45.8 Å². The predicted octanol–water partition coefficient (Wildman–Crippen LogP) is 3.78. The number of allylic oxidation sites excluding steroid dienone is 1. The van der Waals surface area contributed by atoms with Gasteiger partial charge in [-0.3, -0.25) is 19.1 Å². The lowest BCUT2D eigenvalue weighted by molar-refractivity contribution is -0.141. The van der Waals surface area contributed by atoms with Crippen LogP contribution in [0.3, 0.4) is 0 Å². The van der Waals surface area contributed by atoms with Crippen molar-refractivity contribution < 1.29 is 41.9 Å². The monoisotopic (exact) mass is 755 g/mol. The zero-order valence-electron chi connectivity index (χ0n) is 31.3. The number of fused-ring (bicyclic) bond motifs is 3. The van der Waals surface area contributed by atoms with Crippen LogP contribution in [0.15, 0.2) is 36.4 Å². The largest absolute Gasteiger partial charge is 0.444 e. The van der Waals surface area contributed by atoms with Gasteiger partial charge in [0.15, 0.2) is 0 Å². The molecule has 0 bridgehead atoms. The van der Waals surface area contributed by atoms with Crippen LogP contribution in [0.25, 0.3) is 0 Å². The van der Waals surface area contributed by atoms with Gasteiger partial charge in [0.05, 0.1) is 11.8 Å². The molecule has 53 heavy (non-hydrogen) atoms. The summed E-state index contributed by atoms with van der Waals surface area (Å²) in [7, 11) is -3.90. The van der Waals surface area contributed by atoms with Gasteiger partial charge < -0.3 is 29.9 Å². The molecule has 15 heteroatoms. The molecule has 5 aliphatic rings. The first kappa shape index (κ1) is 38.6. The first-order valence-electron chi connectivity index (χ1n) is 18.8. The molecular weight excluding hydrogens is 703 g/mol. The van der Waals surface area contributed by atoms with Crippen LogP contribution < -0.4 is 15.4 Å². The van der Waals surface area contributed by atoms with E-state index in [0.29, 0.717) is 38.8 Å². The van der Waals surface area contributed by atoms with Crippen molar-refractivity contribution in [3.63, 3.8) is 0 Å². The molecule has 1 aromatic carbocycles. The second-order valence-electron chi connectivity index (χ2n) is 16.9. The average Bonchev–Trinajstić information content (AvgIpc) is 3.99. The lowest BCUT2D eigenvalue weighted by Gasteiger charge is -2.39. The highest BCUT2D eigenvalue weighted by molar-refractivity contribution is 7.91. The summed E-state index contributed by atoms with van der Waals surface area (Å²) in [4.78, 5) is 71.9. The highest BCUT2D eigenvalue weighted by Crippen LogP contribution is 2.46. The van der Waals surface area contributed by atoms with E-state index in [4.69, 9.17) is 9.47 Å². The van der Waals surface area contributed by atoms with Crippen molar-refractivity contribution in [2.75, 3.05) is 13.1 Å². The second-order valence-corrected chi connectivity index (χ2v) is 18.8. The smallest absolute Gasteiger partial charge is 0.410 e. The van der Waals surface area contributed by atoms with Gasteiger partial charge in [0.1, 0.15) is 29.3 Å². The van der Waals surface area contributed by atoms with Crippen molar-refractivity contribution in [3.8, 4) is 0 Å². The Hall–Kier alpha value is -4.14. The van der Waals surface area contributed by atoms with Crippen LogP contribution in [-0.4, -0.2) is 95.8 Å². The molecule has 3 N–H and O–H groups in total. The zero-order valence-corrected chi connectivity index (χ0v) is 32.1. The summed E-state index contributed by atoms with van der Waals surface area (Å²) >= 11 is 0. The van der Waals surface area contributed by atoms with E-state index in [0.717, 1.165) is 24.0 Å². The van der Waals surface area contributed by atoms with Gasteiger partial charge in [-0.1, -0.05) is 63.1 Å². The maximum Gasteiger partial charge on any atom is 0.410 e. The molecule has 0 spiro atoms. The van der Waals surface area contributed by atoms with E-state index in [-0.39, 0.29) is 31.2 Å². The molecule has 290 valence electrons. The van der Waals surface area contributed by atoms with Crippen LogP contribution in [0.5, 0.6) is 0 Å². The van der Waals surface area contributed by atoms with E-state index in [1.807, 2.05) is 30.4 Å². The molecule has 2 aliphatic carbocycles. The third-order valence-corrected chi connectivity index (χ3v) is 12.6. The van der Waals surface area contributed by atoms with Gasteiger partial charge in [-0.15, -0.1) is 0 Å². The minimum Gasteiger partial charge on any atom is -0.444 e. The van der Waals surface area contributed by atoms with Gasteiger partial charge in [0.25, 0.3) is 5.91 Å². The van der Waals surface area contributed by atoms with Gasteiger partial charge in [-0.25, -0.2) is 18.0 Å². The highest BCUT2D eigenvalue weighted by Gasteiger charge is 2.62. The third-order valence-electron chi connectivity index (χ3n) is 10.8. The standard InChI is InChI=1S/C38H53N5O9S/c1-36(2,3)52-34(47)39-29-16-10-8-6-7-9-14-25-20-38(25,33(46)41-53(49,50)27-17-18-27)40-31(44)30-19-26(22-43(30)32(29)45)51-35(48)42-21-24-13-11-12-15-28(24)37(4,5)23-42/h9,11-15,25-27,29-30H,6-8,10,16-23H2,1-5H3,(H,39,47)(H,40,44)(H,41,46)/t25-,26-,29+,30+,38-/m1/s1. The van der Waals surface area contributed by atoms with Crippen molar-refractivity contribution in [1.29, 1.82) is 0 Å². The predicted molar refractivity (Wildman–Crippen MR) is 195 cm³/mol. The quantitative estimate of drug-likeness (QED) is 0.377. The molecule has 5 atom stereocenters. The number of nitrogens with zero attached hydrogens (tertiary/aromatic N) is 2. The lowest BCUT2D eigenvalue weighted by atomic mass is 9.78. The van der Waals surface area contributed by atoms with E-state index in [1.165, 1.54) is 4.90 Å². The number of carbonyl (C=O) groups is 5. The van der Waals surface area contributed by atoms with E-state index in [2.05, 4.69) is 35.3 Å². The summed E-state index contributed by atoms with van der Waals surface area (Å²) in [5.74, 6) is -2.48. The third kappa shape index (κ3) is 8.81. The van der Waals surface area contributed by atoms with Gasteiger partial charge in [0.2, 0.25) is 21.8 Å². The van der Waals surface area contributed by atoms with Gasteiger partial charge in [0, 0.05) is 30.8 Å². The zero-order chi connectivity index (χ0) is 38.3. The number of rotatable bonds is 5. The molecule has 1 aromatic rings. The topological polar surface area (TPSA) is 181 Å². The Balaban J connectivity index is 1.26. The number of hydrogen-bond acceptors (Lipinski definition) is 9. The second kappa shape index (κ2) is 14.6. The molecule has 0 unspecified atom stereocenters. The molecule has 14 nitrogen and oxygen atoms in total. The van der Waals surface area contributed by atoms with Crippen molar-refractivity contribution >= 4 is 39.9 Å². The van der Waals surface area contributed by atoms with Crippen LogP contribution in [0.1, 0.15) is 104 Å². The average molecular weight is 756 g/mol. The number of ether oxygens (including phenoxy) is 2. The Morgan fingerprint density at radius 2 is 1.75 bits per heavy atom. The van der Waals surface area contributed by atoms with Crippen LogP contribution in [0, 0.1) is 5.92 Å². The number of benzene rings is 1. The number of carbonyl (C=O) groups excluding carboxylic acids is 5. The van der Waals surface area contributed by atoms with Crippen LogP contribution in [0.4, 0.5) is 9.59 Å². The van der Waals surface area contributed by atoms with Crippen molar-refractivity contribution in [3.05, 3.63) is 47.5 Å². The van der Waals surface area contributed by atoms with Crippen LogP contribution >= 0.6 is 0 Å². The summed E-state index contributed by atoms with van der Waals surface area (Å²) in [5, 5.41) is 4.90. The Bertz CT molecular complexity index is 1770. The van der Waals surface area contributed by atoms with E-state index < -0.39 is 80.4 Å². The fourth-order valence-corrected chi connectivity index (χ4v) is 9.15. The molecule has 5 amide bonds. The first-order valence-corrected chi connectivity index (χ1v) is 20.3. The summed E-state index contributed by atoms with van der Waals surface area (Å²) in [6.45, 7) is 9.88. The first-order chi connectivity index (χ1) is 24.9. The van der Waals surface area contributed by atoms with Crippen LogP contribution in [0.2, 0.25) is 0 Å². The molecule has 6 rings (SSSR count). The molecule has 3 heterocycles. The lowest BCUT2D eigenvalue weighted by Crippen LogP contribution is -2.58. The summed E-state index contributed by atoms with van der Waals surface area (Å²) in [5.41, 5.74) is -0.529. The highest BCUT2D eigenvalue weighted by atomic mass is 32.2. The molecule has 1 saturated heterocycles. The van der Waals surface area contributed by atoms with E-state index in [9.17, 15) is 32.4 Å². The number of amides is 5. The number of alkyl carbamates (subject to hydrolysis) is 1. The maximum absolute atomic E-state index is 14.4. The van der Waals surface area contributed by atoms with Crippen molar-refractivity contribution in [1.82, 2.24) is 25.2 Å². The summed E-state index contributed by atoms with van der Waals surface area (Å²) in [6.07, 6.45) is 5.69. The fraction of sp³-hybridized carbons (Fsp3) is 0.658. The minimum absolute atomic E-state index is 0.0606. The summed E-state index contributed by atoms with van der Waals surface area (Å²) < 4.78 is 39.3. The van der Waals surface area contributed by atoms with Crippen molar-refractivity contribution in [2.24, 2.45) is 5.92 Å². The normalized spacial score (nSPS) is 28.9. The minimum atomic E-state index is -3.90. The maximum atomic E-state index is 14.4. The fourth-order valence-electron chi connectivity index (χ4n) is 7.79.